The molecule has 306 valence electrons. The summed E-state index contributed by atoms with van der Waals surface area (Å²) in [5.41, 5.74) is -8.44. The molecule has 0 radical (unpaired) electrons. The summed E-state index contributed by atoms with van der Waals surface area (Å²) in [5.74, 6) is -5.58. The van der Waals surface area contributed by atoms with Crippen LogP contribution in [-0.2, 0) is 33.3 Å². The van der Waals surface area contributed by atoms with Gasteiger partial charge in [-0.3, -0.25) is 4.79 Å². The third-order valence-corrected chi connectivity index (χ3v) is 12.9. The molecule has 2 bridgehead atoms. The van der Waals surface area contributed by atoms with E-state index in [1.54, 1.807) is 65.0 Å². The molecular weight excluding hydrogens is 742 g/mol. The largest absolute Gasteiger partial charge is 0.456 e. The van der Waals surface area contributed by atoms with Gasteiger partial charge in [-0.1, -0.05) is 56.3 Å². The third kappa shape index (κ3) is 6.17. The summed E-state index contributed by atoms with van der Waals surface area (Å²) in [4.78, 5) is 70.0. The van der Waals surface area contributed by atoms with Gasteiger partial charge in [0, 0.05) is 18.3 Å². The first-order valence-corrected chi connectivity index (χ1v) is 19.0. The minimum atomic E-state index is -2.33. The minimum absolute atomic E-state index is 0.0544. The fourth-order valence-corrected chi connectivity index (χ4v) is 9.78. The molecule has 15 heteroatoms. The standard InChI is InChI=1S/C42H49NO14/c1-20-24(54-36(50)30(46)28(21-13-9-8-10-14-21)43-37(51)57-38(2,3)4)18-42(52)33-31-40(7,32(47)29(45)27(20)39(42,5)6)25(44)17-26-41(31,19-53-26)56-35(49)23-16-12-11-15-22(23)34(48)55-33/h8-16,24-26,28-31,33,44-46,52H,17-19H2,1-7H3,(H,43,51)/t24-,25-,26+,28-,29+,30+,31?,33-,40+,41-,42+/m0/s1. The van der Waals surface area contributed by atoms with Crippen LogP contribution in [0.5, 0.6) is 0 Å². The highest BCUT2D eigenvalue weighted by Crippen LogP contribution is 2.64. The van der Waals surface area contributed by atoms with Crippen molar-refractivity contribution < 1.29 is 68.1 Å². The molecule has 0 aromatic heterocycles. The molecule has 1 saturated heterocycles. The zero-order valence-electron chi connectivity index (χ0n) is 32.8. The van der Waals surface area contributed by atoms with E-state index in [2.05, 4.69) is 5.32 Å². The van der Waals surface area contributed by atoms with E-state index in [1.807, 2.05) is 0 Å². The number of aliphatic hydroxyl groups is 4. The van der Waals surface area contributed by atoms with Crippen molar-refractivity contribution in [2.24, 2.45) is 16.7 Å². The van der Waals surface area contributed by atoms with E-state index >= 15 is 0 Å². The van der Waals surface area contributed by atoms with Crippen molar-refractivity contribution in [3.63, 3.8) is 0 Å². The summed E-state index contributed by atoms with van der Waals surface area (Å²) < 4.78 is 29.8. The number of ether oxygens (including phenoxy) is 5. The molecule has 3 aliphatic carbocycles. The third-order valence-electron chi connectivity index (χ3n) is 12.9. The first-order valence-electron chi connectivity index (χ1n) is 19.0. The number of hydrogen-bond donors (Lipinski definition) is 5. The number of benzene rings is 2. The maximum absolute atomic E-state index is 14.9. The SMILES string of the molecule is CC1=C2[C@@H](O)C(=O)[C@@]3(C)C4[C@H](OC(=O)c5ccccc5C(=O)O[C@]45CO[C@@H]5C[C@@H]3O)[C@](O)(C[C@@H]1OC(=O)[C@H](O)[C@@H](NC(=O)OC(C)(C)C)c1ccccc1)C2(C)C. The molecule has 2 saturated carbocycles. The number of nitrogens with one attached hydrogen (secondary N) is 1. The summed E-state index contributed by atoms with van der Waals surface area (Å²) in [7, 11) is 0. The Bertz CT molecular complexity index is 2040. The lowest BCUT2D eigenvalue weighted by atomic mass is 9.44. The predicted octanol–water partition coefficient (Wildman–Crippen LogP) is 2.87. The topological polar surface area (TPSA) is 224 Å². The lowest BCUT2D eigenvalue weighted by Gasteiger charge is -2.67. The molecule has 1 spiro atoms. The molecule has 1 unspecified atom stereocenters. The molecule has 1 amide bonds. The smallest absolute Gasteiger partial charge is 0.408 e. The van der Waals surface area contributed by atoms with Crippen LogP contribution in [0.4, 0.5) is 4.79 Å². The van der Waals surface area contributed by atoms with Crippen LogP contribution in [-0.4, -0.2) is 110 Å². The highest BCUT2D eigenvalue weighted by Gasteiger charge is 2.78. The summed E-state index contributed by atoms with van der Waals surface area (Å²) >= 11 is 0. The van der Waals surface area contributed by atoms with Gasteiger partial charge < -0.3 is 49.4 Å². The van der Waals surface area contributed by atoms with Gasteiger partial charge in [-0.25, -0.2) is 19.2 Å². The second-order valence-electron chi connectivity index (χ2n) is 17.5. The molecule has 2 aromatic rings. The van der Waals surface area contributed by atoms with Crippen molar-refractivity contribution >= 4 is 29.8 Å². The molecule has 5 aliphatic rings. The Hall–Kier alpha value is -4.67. The summed E-state index contributed by atoms with van der Waals surface area (Å²) in [6.07, 6.45) is -11.4. The van der Waals surface area contributed by atoms with Crippen LogP contribution >= 0.6 is 0 Å². The molecule has 11 atom stereocenters. The van der Waals surface area contributed by atoms with Crippen LogP contribution in [0.25, 0.3) is 0 Å². The van der Waals surface area contributed by atoms with Crippen LogP contribution < -0.4 is 5.32 Å². The number of hydrogen-bond acceptors (Lipinski definition) is 14. The van der Waals surface area contributed by atoms with Gasteiger partial charge in [0.2, 0.25) is 0 Å². The van der Waals surface area contributed by atoms with Crippen LogP contribution in [0.2, 0.25) is 0 Å². The van der Waals surface area contributed by atoms with Crippen LogP contribution in [0.15, 0.2) is 65.7 Å². The molecule has 15 nitrogen and oxygen atoms in total. The van der Waals surface area contributed by atoms with Gasteiger partial charge in [0.05, 0.1) is 41.2 Å². The zero-order chi connectivity index (χ0) is 41.6. The van der Waals surface area contributed by atoms with E-state index in [-0.39, 0.29) is 35.3 Å². The highest BCUT2D eigenvalue weighted by molar-refractivity contribution is 6.04. The van der Waals surface area contributed by atoms with Gasteiger partial charge in [0.25, 0.3) is 0 Å². The van der Waals surface area contributed by atoms with Gasteiger partial charge in [0.15, 0.2) is 17.5 Å². The molecule has 7 rings (SSSR count). The average Bonchev–Trinajstić information content (AvgIpc) is 3.18. The normalized spacial score (nSPS) is 35.3. The van der Waals surface area contributed by atoms with E-state index in [9.17, 15) is 44.4 Å². The second-order valence-corrected chi connectivity index (χ2v) is 17.5. The number of Topliss-reactive ketones (excluding diaryl/α,β-unsaturated/α-hetero) is 1. The summed E-state index contributed by atoms with van der Waals surface area (Å²) in [6.45, 7) is 10.7. The molecule has 2 aromatic carbocycles. The molecule has 57 heavy (non-hydrogen) atoms. The molecule has 5 N–H and O–H groups in total. The van der Waals surface area contributed by atoms with Crippen molar-refractivity contribution in [2.45, 2.75) is 121 Å². The number of aliphatic hydroxyl groups excluding tert-OH is 3. The number of rotatable bonds is 5. The summed E-state index contributed by atoms with van der Waals surface area (Å²) in [6, 6.07) is 12.6. The number of alkyl carbamates (subject to hydrolysis) is 1. The Balaban J connectivity index is 1.35. The minimum Gasteiger partial charge on any atom is -0.456 e. The Morgan fingerprint density at radius 1 is 0.947 bits per heavy atom. The Kier molecular flexibility index (Phi) is 9.76. The van der Waals surface area contributed by atoms with Gasteiger partial charge in [-0.15, -0.1) is 0 Å². The van der Waals surface area contributed by atoms with Gasteiger partial charge >= 0.3 is 24.0 Å². The highest BCUT2D eigenvalue weighted by atomic mass is 16.6. The van der Waals surface area contributed by atoms with Crippen LogP contribution in [0, 0.1) is 16.7 Å². The van der Waals surface area contributed by atoms with Crippen molar-refractivity contribution in [1.29, 1.82) is 0 Å². The molecule has 3 fully saturated rings. The fraction of sp³-hybridized carbons (Fsp3) is 0.548. The number of amides is 1. The predicted molar refractivity (Wildman–Crippen MR) is 197 cm³/mol. The lowest BCUT2D eigenvalue weighted by Crippen LogP contribution is -2.81. The summed E-state index contributed by atoms with van der Waals surface area (Å²) in [5, 5.41) is 51.4. The Morgan fingerprint density at radius 2 is 1.56 bits per heavy atom. The maximum atomic E-state index is 14.9. The quantitative estimate of drug-likeness (QED) is 0.167. The van der Waals surface area contributed by atoms with E-state index < -0.39 is 112 Å². The number of carbonyl (C=O) groups is 5. The zero-order valence-corrected chi connectivity index (χ0v) is 32.8. The number of fused-ring (bicyclic) bond motifs is 4. The number of esters is 3. The van der Waals surface area contributed by atoms with Crippen molar-refractivity contribution in [3.05, 3.63) is 82.4 Å². The Labute approximate surface area is 329 Å². The monoisotopic (exact) mass is 791 g/mol. The van der Waals surface area contributed by atoms with E-state index in [0.29, 0.717) is 5.56 Å². The van der Waals surface area contributed by atoms with Gasteiger partial charge in [-0.2, -0.15) is 0 Å². The second kappa shape index (κ2) is 13.7. The van der Waals surface area contributed by atoms with Crippen molar-refractivity contribution in [2.75, 3.05) is 6.61 Å². The van der Waals surface area contributed by atoms with Crippen molar-refractivity contribution in [3.8, 4) is 0 Å². The van der Waals surface area contributed by atoms with Crippen LogP contribution in [0.1, 0.15) is 93.6 Å². The van der Waals surface area contributed by atoms with Gasteiger partial charge in [0.1, 0.15) is 35.6 Å². The fourth-order valence-electron chi connectivity index (χ4n) is 9.78. The maximum Gasteiger partial charge on any atom is 0.408 e. The number of carbonyl (C=O) groups excluding carboxylic acids is 5. The van der Waals surface area contributed by atoms with E-state index in [4.69, 9.17) is 23.7 Å². The Morgan fingerprint density at radius 3 is 2.16 bits per heavy atom. The number of ketones is 1. The van der Waals surface area contributed by atoms with Gasteiger partial charge in [-0.05, 0) is 63.5 Å². The van der Waals surface area contributed by atoms with E-state index in [0.717, 1.165) is 0 Å². The first kappa shape index (κ1) is 40.5. The van der Waals surface area contributed by atoms with Crippen LogP contribution in [0.3, 0.4) is 0 Å². The molecule has 2 aliphatic heterocycles. The molecule has 2 heterocycles. The average molecular weight is 792 g/mol. The first-order chi connectivity index (χ1) is 26.6. The molecular formula is C42H49NO14. The lowest BCUT2D eigenvalue weighted by molar-refractivity contribution is -0.341. The van der Waals surface area contributed by atoms with E-state index in [1.165, 1.54) is 38.1 Å². The van der Waals surface area contributed by atoms with Crippen molar-refractivity contribution in [1.82, 2.24) is 5.32 Å².